The lowest BCUT2D eigenvalue weighted by Gasteiger charge is -2.11. The van der Waals surface area contributed by atoms with E-state index in [1.165, 1.54) is 24.0 Å². The van der Waals surface area contributed by atoms with Crippen LogP contribution in [0.25, 0.3) is 0 Å². The van der Waals surface area contributed by atoms with Crippen molar-refractivity contribution in [1.29, 1.82) is 0 Å². The zero-order chi connectivity index (χ0) is 7.72. The van der Waals surface area contributed by atoms with Crippen LogP contribution >= 0.6 is 0 Å². The van der Waals surface area contributed by atoms with Crippen LogP contribution in [-0.4, -0.2) is 0 Å². The summed E-state index contributed by atoms with van der Waals surface area (Å²) in [5.74, 6) is 1.34. The number of rotatable bonds is 1. The smallest absolute Gasteiger partial charge is 0.000166 e. The van der Waals surface area contributed by atoms with E-state index in [2.05, 4.69) is 27.0 Å². The molecule has 0 heterocycles. The fourth-order valence-corrected chi connectivity index (χ4v) is 1.69. The molecule has 0 aromatic rings. The summed E-state index contributed by atoms with van der Waals surface area (Å²) in [5.41, 5.74) is 2.68. The molecule has 0 N–H and O–H groups in total. The number of hydrogen-bond acceptors (Lipinski definition) is 0. The molecule has 10 heavy (non-hydrogen) atoms. The Kier molecular flexibility index (Phi) is 1.98. The summed E-state index contributed by atoms with van der Waals surface area (Å²) < 4.78 is 0. The van der Waals surface area contributed by atoms with Gasteiger partial charge in [-0.15, -0.1) is 0 Å². The largest absolute Gasteiger partial charge is 0.0995 e. The Morgan fingerprint density at radius 2 is 2.10 bits per heavy atom. The van der Waals surface area contributed by atoms with E-state index >= 15 is 0 Å². The lowest BCUT2D eigenvalue weighted by molar-refractivity contribution is 0.686. The fraction of sp³-hybridized carbons (Fsp3) is 0.600. The molecule has 0 radical (unpaired) electrons. The summed E-state index contributed by atoms with van der Waals surface area (Å²) >= 11 is 0. The Morgan fingerprint density at radius 3 is 2.30 bits per heavy atom. The molecule has 0 spiro atoms. The molecule has 56 valence electrons. The summed E-state index contributed by atoms with van der Waals surface area (Å²) in [6.45, 7) is 12.4. The van der Waals surface area contributed by atoms with Crippen LogP contribution < -0.4 is 0 Å². The van der Waals surface area contributed by atoms with Crippen LogP contribution in [0.5, 0.6) is 0 Å². The molecule has 2 atom stereocenters. The van der Waals surface area contributed by atoms with Gasteiger partial charge in [-0.1, -0.05) is 31.2 Å². The van der Waals surface area contributed by atoms with Gasteiger partial charge < -0.3 is 0 Å². The molecular weight excluding hydrogens is 120 g/mol. The minimum atomic E-state index is 0.620. The van der Waals surface area contributed by atoms with Crippen LogP contribution in [0.1, 0.15) is 26.7 Å². The van der Waals surface area contributed by atoms with Crippen molar-refractivity contribution in [3.05, 3.63) is 24.3 Å². The third-order valence-electron chi connectivity index (χ3n) is 2.56. The molecule has 0 amide bonds. The van der Waals surface area contributed by atoms with Crippen molar-refractivity contribution in [3.63, 3.8) is 0 Å². The van der Waals surface area contributed by atoms with Crippen molar-refractivity contribution in [2.75, 3.05) is 0 Å². The molecule has 1 aliphatic carbocycles. The minimum absolute atomic E-state index is 0.620. The molecule has 1 fully saturated rings. The van der Waals surface area contributed by atoms with Crippen molar-refractivity contribution < 1.29 is 0 Å². The van der Waals surface area contributed by atoms with Crippen LogP contribution in [-0.2, 0) is 0 Å². The Morgan fingerprint density at radius 1 is 1.50 bits per heavy atom. The quantitative estimate of drug-likeness (QED) is 0.486. The van der Waals surface area contributed by atoms with E-state index in [4.69, 9.17) is 0 Å². The maximum Gasteiger partial charge on any atom is 0.000166 e. The summed E-state index contributed by atoms with van der Waals surface area (Å²) in [5, 5.41) is 0. The second kappa shape index (κ2) is 2.61. The van der Waals surface area contributed by atoms with E-state index in [9.17, 15) is 0 Å². The van der Waals surface area contributed by atoms with Gasteiger partial charge in [-0.3, -0.25) is 0 Å². The lowest BCUT2D eigenvalue weighted by Crippen LogP contribution is -1.98. The Labute approximate surface area is 63.6 Å². The van der Waals surface area contributed by atoms with Gasteiger partial charge in [0.25, 0.3) is 0 Å². The normalized spacial score (nSPS) is 32.8. The third kappa shape index (κ3) is 1.16. The first kappa shape index (κ1) is 7.59. The average molecular weight is 136 g/mol. The lowest BCUT2D eigenvalue weighted by atomic mass is 9.94. The SMILES string of the molecule is C=C(C)C1CCC(C)C1=C. The Hall–Kier alpha value is -0.520. The fourth-order valence-electron chi connectivity index (χ4n) is 1.69. The molecular formula is C10H16. The van der Waals surface area contributed by atoms with Crippen LogP contribution in [0.2, 0.25) is 0 Å². The average Bonchev–Trinajstić information content (AvgIpc) is 2.14. The Balaban J connectivity index is 2.66. The molecule has 0 saturated heterocycles. The molecule has 2 unspecified atom stereocenters. The van der Waals surface area contributed by atoms with E-state index in [0.717, 1.165) is 5.92 Å². The van der Waals surface area contributed by atoms with Crippen molar-refractivity contribution in [2.24, 2.45) is 11.8 Å². The monoisotopic (exact) mass is 136 g/mol. The van der Waals surface area contributed by atoms with Crippen molar-refractivity contribution in [3.8, 4) is 0 Å². The first-order chi connectivity index (χ1) is 4.63. The van der Waals surface area contributed by atoms with Crippen LogP contribution in [0.15, 0.2) is 24.3 Å². The van der Waals surface area contributed by atoms with Gasteiger partial charge in [0.05, 0.1) is 0 Å². The summed E-state index contributed by atoms with van der Waals surface area (Å²) in [6.07, 6.45) is 2.58. The van der Waals surface area contributed by atoms with Crippen molar-refractivity contribution in [2.45, 2.75) is 26.7 Å². The van der Waals surface area contributed by atoms with Gasteiger partial charge in [-0.25, -0.2) is 0 Å². The van der Waals surface area contributed by atoms with Gasteiger partial charge in [0.15, 0.2) is 0 Å². The molecule has 0 heteroatoms. The van der Waals surface area contributed by atoms with E-state index < -0.39 is 0 Å². The first-order valence-corrected chi connectivity index (χ1v) is 3.97. The number of hydrogen-bond donors (Lipinski definition) is 0. The maximum atomic E-state index is 4.08. The molecule has 1 rings (SSSR count). The van der Waals surface area contributed by atoms with E-state index in [1.807, 2.05) is 0 Å². The standard InChI is InChI=1S/C10H16/c1-7(2)10-6-5-8(3)9(10)4/h8,10H,1,4-6H2,2-3H3. The minimum Gasteiger partial charge on any atom is -0.0995 e. The zero-order valence-electron chi connectivity index (χ0n) is 6.98. The second-order valence-corrected chi connectivity index (χ2v) is 3.45. The van der Waals surface area contributed by atoms with Gasteiger partial charge in [0, 0.05) is 5.92 Å². The Bertz CT molecular complexity index is 165. The number of allylic oxidation sites excluding steroid dienone is 2. The van der Waals surface area contributed by atoms with Crippen LogP contribution in [0.4, 0.5) is 0 Å². The summed E-state index contributed by atoms with van der Waals surface area (Å²) in [6, 6.07) is 0. The molecule has 0 nitrogen and oxygen atoms in total. The molecule has 0 aliphatic heterocycles. The van der Waals surface area contributed by atoms with Gasteiger partial charge in [-0.05, 0) is 25.7 Å². The highest BCUT2D eigenvalue weighted by Gasteiger charge is 2.25. The van der Waals surface area contributed by atoms with E-state index in [0.29, 0.717) is 5.92 Å². The molecule has 0 bridgehead atoms. The second-order valence-electron chi connectivity index (χ2n) is 3.45. The predicted molar refractivity (Wildman–Crippen MR) is 45.8 cm³/mol. The van der Waals surface area contributed by atoms with Gasteiger partial charge in [-0.2, -0.15) is 0 Å². The van der Waals surface area contributed by atoms with Gasteiger partial charge in [0.1, 0.15) is 0 Å². The van der Waals surface area contributed by atoms with Crippen LogP contribution in [0, 0.1) is 11.8 Å². The highest BCUT2D eigenvalue weighted by Crippen LogP contribution is 2.38. The zero-order valence-corrected chi connectivity index (χ0v) is 6.98. The summed E-state index contributed by atoms with van der Waals surface area (Å²) in [7, 11) is 0. The van der Waals surface area contributed by atoms with Crippen molar-refractivity contribution in [1.82, 2.24) is 0 Å². The van der Waals surface area contributed by atoms with E-state index in [-0.39, 0.29) is 0 Å². The van der Waals surface area contributed by atoms with Gasteiger partial charge >= 0.3 is 0 Å². The molecule has 1 aliphatic rings. The van der Waals surface area contributed by atoms with Gasteiger partial charge in [0.2, 0.25) is 0 Å². The van der Waals surface area contributed by atoms with Crippen LogP contribution in [0.3, 0.4) is 0 Å². The third-order valence-corrected chi connectivity index (χ3v) is 2.56. The summed E-state index contributed by atoms with van der Waals surface area (Å²) in [4.78, 5) is 0. The predicted octanol–water partition coefficient (Wildman–Crippen LogP) is 3.16. The first-order valence-electron chi connectivity index (χ1n) is 3.97. The highest BCUT2D eigenvalue weighted by atomic mass is 14.3. The molecule has 0 aromatic carbocycles. The topological polar surface area (TPSA) is 0 Å². The van der Waals surface area contributed by atoms with E-state index in [1.54, 1.807) is 0 Å². The van der Waals surface area contributed by atoms with Crippen molar-refractivity contribution >= 4 is 0 Å². The highest BCUT2D eigenvalue weighted by molar-refractivity contribution is 5.20. The maximum absolute atomic E-state index is 4.08. The molecule has 1 saturated carbocycles. The molecule has 0 aromatic heterocycles.